The van der Waals surface area contributed by atoms with Gasteiger partial charge in [0.2, 0.25) is 6.79 Å². The van der Waals surface area contributed by atoms with Gasteiger partial charge >= 0.3 is 19.5 Å². The second kappa shape index (κ2) is 13.3. The van der Waals surface area contributed by atoms with E-state index < -0.39 is 37.7 Å². The van der Waals surface area contributed by atoms with Crippen molar-refractivity contribution >= 4 is 19.5 Å². The summed E-state index contributed by atoms with van der Waals surface area (Å²) in [5.74, 6) is -0.268. The zero-order chi connectivity index (χ0) is 26.1. The molecule has 0 spiro atoms. The molecule has 1 aromatic carbocycles. The Balaban J connectivity index is 3.10. The van der Waals surface area contributed by atoms with Crippen LogP contribution >= 0.6 is 7.52 Å². The van der Waals surface area contributed by atoms with Gasteiger partial charge in [-0.1, -0.05) is 45.9 Å². The monoisotopic (exact) mass is 499 g/mol. The van der Waals surface area contributed by atoms with E-state index in [1.54, 1.807) is 20.8 Å². The van der Waals surface area contributed by atoms with Crippen molar-refractivity contribution in [1.82, 2.24) is 5.09 Å². The Morgan fingerprint density at radius 2 is 1.53 bits per heavy atom. The quantitative estimate of drug-likeness (QED) is 0.202. The van der Waals surface area contributed by atoms with Crippen LogP contribution in [0.4, 0.5) is 0 Å². The Morgan fingerprint density at radius 3 is 1.97 bits per heavy atom. The molecule has 0 bridgehead atoms. The minimum absolute atomic E-state index is 0.190. The normalized spacial score (nSPS) is 16.1. The lowest BCUT2D eigenvalue weighted by Crippen LogP contribution is -2.36. The SMILES string of the molecule is CCC(C)c1cccc(C(C)CC)c1OP(=O)(COC)N[C@@H](C)C(=O)OCOC(=O)C(C)(C)C. The third-order valence-electron chi connectivity index (χ3n) is 5.65. The van der Waals surface area contributed by atoms with Crippen LogP contribution in [-0.4, -0.2) is 38.2 Å². The summed E-state index contributed by atoms with van der Waals surface area (Å²) >= 11 is 0. The summed E-state index contributed by atoms with van der Waals surface area (Å²) in [5.41, 5.74) is 1.21. The van der Waals surface area contributed by atoms with Gasteiger partial charge in [0.25, 0.3) is 0 Å². The first kappa shape index (κ1) is 30.1. The molecule has 0 saturated heterocycles. The molecule has 4 atom stereocenters. The number of nitrogens with one attached hydrogen (secondary N) is 1. The molecule has 0 aliphatic rings. The van der Waals surface area contributed by atoms with E-state index in [2.05, 4.69) is 32.8 Å². The van der Waals surface area contributed by atoms with Crippen LogP contribution in [0.5, 0.6) is 5.75 Å². The minimum Gasteiger partial charge on any atom is -0.431 e. The lowest BCUT2D eigenvalue weighted by Gasteiger charge is -2.28. The van der Waals surface area contributed by atoms with Gasteiger partial charge in [-0.05, 0) is 63.5 Å². The first-order valence-corrected chi connectivity index (χ1v) is 13.6. The average molecular weight is 500 g/mol. The molecule has 0 aliphatic heterocycles. The van der Waals surface area contributed by atoms with Gasteiger partial charge in [-0.25, -0.2) is 5.09 Å². The summed E-state index contributed by atoms with van der Waals surface area (Å²) in [7, 11) is -2.24. The number of hydrogen-bond donors (Lipinski definition) is 1. The number of rotatable bonds is 13. The zero-order valence-electron chi connectivity index (χ0n) is 22.1. The lowest BCUT2D eigenvalue weighted by molar-refractivity contribution is -0.173. The van der Waals surface area contributed by atoms with E-state index in [0.29, 0.717) is 5.75 Å². The third-order valence-corrected chi connectivity index (χ3v) is 7.50. The van der Waals surface area contributed by atoms with Crippen LogP contribution in [0.1, 0.15) is 91.2 Å². The van der Waals surface area contributed by atoms with Gasteiger partial charge in [0, 0.05) is 7.11 Å². The van der Waals surface area contributed by atoms with Crippen LogP contribution < -0.4 is 9.61 Å². The van der Waals surface area contributed by atoms with Crippen molar-refractivity contribution in [3.8, 4) is 5.75 Å². The largest absolute Gasteiger partial charge is 0.431 e. The molecule has 1 aromatic rings. The number of hydrogen-bond acceptors (Lipinski definition) is 7. The molecule has 1 rings (SSSR count). The van der Waals surface area contributed by atoms with Crippen LogP contribution in [-0.2, 0) is 28.4 Å². The van der Waals surface area contributed by atoms with Crippen LogP contribution in [0.2, 0.25) is 0 Å². The van der Waals surface area contributed by atoms with E-state index >= 15 is 0 Å². The maximum atomic E-state index is 13.8. The average Bonchev–Trinajstić information content (AvgIpc) is 2.77. The van der Waals surface area contributed by atoms with Crippen molar-refractivity contribution in [2.24, 2.45) is 5.41 Å². The van der Waals surface area contributed by atoms with E-state index in [9.17, 15) is 14.2 Å². The highest BCUT2D eigenvalue weighted by molar-refractivity contribution is 7.57. The van der Waals surface area contributed by atoms with Crippen molar-refractivity contribution in [3.05, 3.63) is 29.3 Å². The fourth-order valence-electron chi connectivity index (χ4n) is 3.13. The molecular formula is C25H42NO7P. The van der Waals surface area contributed by atoms with Crippen LogP contribution in [0.15, 0.2) is 18.2 Å². The third kappa shape index (κ3) is 8.71. The van der Waals surface area contributed by atoms with Crippen molar-refractivity contribution in [2.45, 2.75) is 86.1 Å². The zero-order valence-corrected chi connectivity index (χ0v) is 23.0. The fraction of sp³-hybridized carbons (Fsp3) is 0.680. The number of carbonyl (C=O) groups is 2. The van der Waals surface area contributed by atoms with Crippen LogP contribution in [0.3, 0.4) is 0 Å². The maximum absolute atomic E-state index is 13.8. The summed E-state index contributed by atoms with van der Waals surface area (Å²) < 4.78 is 35.2. The summed E-state index contributed by atoms with van der Waals surface area (Å²) in [4.78, 5) is 24.3. The number of para-hydroxylation sites is 1. The molecule has 0 aromatic heterocycles. The van der Waals surface area contributed by atoms with E-state index in [1.807, 2.05) is 18.2 Å². The predicted molar refractivity (Wildman–Crippen MR) is 133 cm³/mol. The molecule has 0 heterocycles. The topological polar surface area (TPSA) is 100 Å². The summed E-state index contributed by atoms with van der Waals surface area (Å²) in [6.07, 6.45) is 1.54. The highest BCUT2D eigenvalue weighted by Crippen LogP contribution is 2.48. The summed E-state index contributed by atoms with van der Waals surface area (Å²) in [5, 5.41) is 2.77. The number of carbonyl (C=O) groups excluding carboxylic acids is 2. The first-order valence-electron chi connectivity index (χ1n) is 11.8. The lowest BCUT2D eigenvalue weighted by atomic mass is 9.90. The van der Waals surface area contributed by atoms with E-state index in [4.69, 9.17) is 18.7 Å². The maximum Gasteiger partial charge on any atom is 0.342 e. The Labute approximate surface area is 204 Å². The Bertz CT molecular complexity index is 837. The predicted octanol–water partition coefficient (Wildman–Crippen LogP) is 5.96. The minimum atomic E-state index is -3.66. The standard InChI is InChI=1S/C25H42NO7P/c1-10-17(3)20-13-12-14-21(18(4)11-2)22(20)33-34(29,16-30-9)26-19(5)23(27)31-15-32-24(28)25(6,7)8/h12-14,17-19H,10-11,15-16H2,1-9H3,(H,26,29)/t17?,18?,19-,34?/m0/s1. The van der Waals surface area contributed by atoms with Gasteiger partial charge in [0.1, 0.15) is 18.1 Å². The van der Waals surface area contributed by atoms with E-state index in [-0.39, 0.29) is 18.2 Å². The Hall–Kier alpha value is -1.89. The van der Waals surface area contributed by atoms with Gasteiger partial charge < -0.3 is 18.7 Å². The second-order valence-corrected chi connectivity index (χ2v) is 11.7. The molecule has 0 amide bonds. The number of benzene rings is 1. The van der Waals surface area contributed by atoms with Crippen molar-refractivity contribution in [3.63, 3.8) is 0 Å². The molecule has 3 unspecified atom stereocenters. The van der Waals surface area contributed by atoms with E-state index in [1.165, 1.54) is 14.0 Å². The van der Waals surface area contributed by atoms with Gasteiger partial charge in [0.15, 0.2) is 0 Å². The molecule has 0 fully saturated rings. The smallest absolute Gasteiger partial charge is 0.342 e. The molecule has 1 N–H and O–H groups in total. The molecule has 0 aliphatic carbocycles. The van der Waals surface area contributed by atoms with Gasteiger partial charge in [-0.2, -0.15) is 0 Å². The van der Waals surface area contributed by atoms with Crippen LogP contribution in [0, 0.1) is 5.41 Å². The summed E-state index contributed by atoms with van der Waals surface area (Å²) in [6, 6.07) is 4.96. The van der Waals surface area contributed by atoms with E-state index in [0.717, 1.165) is 24.0 Å². The van der Waals surface area contributed by atoms with Gasteiger partial charge in [-0.3, -0.25) is 14.2 Å². The highest BCUT2D eigenvalue weighted by Gasteiger charge is 2.33. The second-order valence-electron chi connectivity index (χ2n) is 9.68. The fourth-order valence-corrected chi connectivity index (χ4v) is 4.85. The van der Waals surface area contributed by atoms with Crippen molar-refractivity contribution in [2.75, 3.05) is 20.3 Å². The molecule has 9 heteroatoms. The number of ether oxygens (including phenoxy) is 3. The number of esters is 2. The Kier molecular flexibility index (Phi) is 11.8. The molecule has 0 radical (unpaired) electrons. The molecule has 0 saturated carbocycles. The molecule has 194 valence electrons. The molecule has 8 nitrogen and oxygen atoms in total. The van der Waals surface area contributed by atoms with Gasteiger partial charge in [-0.15, -0.1) is 0 Å². The van der Waals surface area contributed by atoms with Gasteiger partial charge in [0.05, 0.1) is 5.41 Å². The number of methoxy groups -OCH3 is 1. The molecular weight excluding hydrogens is 457 g/mol. The van der Waals surface area contributed by atoms with Crippen LogP contribution in [0.25, 0.3) is 0 Å². The Morgan fingerprint density at radius 1 is 1.00 bits per heavy atom. The van der Waals surface area contributed by atoms with Crippen molar-refractivity contribution in [1.29, 1.82) is 0 Å². The van der Waals surface area contributed by atoms with Crippen molar-refractivity contribution < 1.29 is 32.9 Å². The summed E-state index contributed by atoms with van der Waals surface area (Å²) in [6.45, 7) is 14.4. The first-order chi connectivity index (χ1) is 15.8. The highest BCUT2D eigenvalue weighted by atomic mass is 31.2. The molecule has 34 heavy (non-hydrogen) atoms.